The molecule has 1 aromatic heterocycles. The summed E-state index contributed by atoms with van der Waals surface area (Å²) in [6, 6.07) is 1.28. The zero-order valence-corrected chi connectivity index (χ0v) is 14.3. The Morgan fingerprint density at radius 1 is 1.31 bits per heavy atom. The molecule has 0 saturated heterocycles. The monoisotopic (exact) mass is 362 g/mol. The molecule has 1 aromatic rings. The van der Waals surface area contributed by atoms with Crippen molar-refractivity contribution in [2.24, 2.45) is 5.92 Å². The smallest absolute Gasteiger partial charge is 0.326 e. The van der Waals surface area contributed by atoms with Crippen molar-refractivity contribution >= 4 is 17.8 Å². The van der Waals surface area contributed by atoms with E-state index in [4.69, 9.17) is 4.42 Å². The minimum Gasteiger partial charge on any atom is -0.508 e. The quantitative estimate of drug-likeness (QED) is 0.552. The van der Waals surface area contributed by atoms with Crippen molar-refractivity contribution in [1.82, 2.24) is 10.6 Å². The first kappa shape index (κ1) is 19.3. The fraction of sp³-hybridized carbons (Fsp3) is 0.389. The summed E-state index contributed by atoms with van der Waals surface area (Å²) in [6.07, 6.45) is 7.06. The number of allylic oxidation sites excluding steroid dienone is 3. The zero-order valence-electron chi connectivity index (χ0n) is 14.3. The number of hydrogen-bond acceptors (Lipinski definition) is 5. The highest BCUT2D eigenvalue weighted by molar-refractivity contribution is 5.90. The second kappa shape index (κ2) is 8.89. The van der Waals surface area contributed by atoms with E-state index in [1.165, 1.54) is 19.3 Å². The van der Waals surface area contributed by atoms with Gasteiger partial charge >= 0.3 is 5.97 Å². The van der Waals surface area contributed by atoms with Crippen LogP contribution in [0.25, 0.3) is 0 Å². The lowest BCUT2D eigenvalue weighted by Gasteiger charge is -2.23. The molecule has 2 rings (SSSR count). The van der Waals surface area contributed by atoms with E-state index in [-0.39, 0.29) is 24.5 Å². The molecule has 0 aliphatic heterocycles. The van der Waals surface area contributed by atoms with E-state index in [0.717, 1.165) is 0 Å². The van der Waals surface area contributed by atoms with Crippen LogP contribution in [0.3, 0.4) is 0 Å². The number of aliphatic hydroxyl groups is 1. The third-order valence-corrected chi connectivity index (χ3v) is 4.00. The molecule has 3 atom stereocenters. The number of aliphatic carboxylic acids is 1. The van der Waals surface area contributed by atoms with Crippen molar-refractivity contribution in [1.29, 1.82) is 0 Å². The molecule has 4 N–H and O–H groups in total. The Morgan fingerprint density at radius 3 is 2.62 bits per heavy atom. The van der Waals surface area contributed by atoms with Gasteiger partial charge in [0.15, 0.2) is 0 Å². The first-order valence-electron chi connectivity index (χ1n) is 8.25. The molecule has 1 aliphatic carbocycles. The Hall–Kier alpha value is -3.03. The van der Waals surface area contributed by atoms with Crippen LogP contribution >= 0.6 is 0 Å². The lowest BCUT2D eigenvalue weighted by Crippen LogP contribution is -2.52. The summed E-state index contributed by atoms with van der Waals surface area (Å²) in [5, 5.41) is 23.7. The predicted molar refractivity (Wildman–Crippen MR) is 92.2 cm³/mol. The summed E-state index contributed by atoms with van der Waals surface area (Å²) in [4.78, 5) is 35.4. The van der Waals surface area contributed by atoms with Crippen LogP contribution < -0.4 is 10.6 Å². The van der Waals surface area contributed by atoms with E-state index in [9.17, 15) is 24.6 Å². The number of rotatable bonds is 8. The molecule has 1 aliphatic rings. The second-order valence-electron chi connectivity index (χ2n) is 6.16. The summed E-state index contributed by atoms with van der Waals surface area (Å²) in [5.74, 6) is -1.63. The lowest BCUT2D eigenvalue weighted by molar-refractivity contribution is -0.142. The molecule has 1 heterocycles. The fourth-order valence-electron chi connectivity index (χ4n) is 2.71. The largest absolute Gasteiger partial charge is 0.508 e. The van der Waals surface area contributed by atoms with Crippen LogP contribution in [0.1, 0.15) is 25.5 Å². The third kappa shape index (κ3) is 5.80. The number of carbonyl (C=O) groups excluding carboxylic acids is 2. The van der Waals surface area contributed by atoms with Crippen molar-refractivity contribution < 1.29 is 29.0 Å². The molecule has 0 radical (unpaired) electrons. The summed E-state index contributed by atoms with van der Waals surface area (Å²) < 4.78 is 5.19. The Morgan fingerprint density at radius 2 is 2.08 bits per heavy atom. The molecule has 0 aromatic carbocycles. The van der Waals surface area contributed by atoms with Crippen molar-refractivity contribution in [3.8, 4) is 0 Å². The highest BCUT2D eigenvalue weighted by atomic mass is 16.4. The summed E-state index contributed by atoms with van der Waals surface area (Å²) in [5.41, 5.74) is 0. The standard InChI is InChI=1S/C18H22N2O6/c1-11(21)19-15(10-14-3-2-8-26-14)17(23)20-16(18(24)25)9-12-4-6-13(22)7-5-12/h2-4,6-8,12,15-16,22H,5,9-10H2,1H3,(H,19,21)(H,20,23)(H,24,25)/t12?,15-,16-/m0/s1. The predicted octanol–water partition coefficient (Wildman–Crippen LogP) is 1.30. The summed E-state index contributed by atoms with van der Waals surface area (Å²) >= 11 is 0. The van der Waals surface area contributed by atoms with Crippen molar-refractivity contribution in [2.75, 3.05) is 0 Å². The summed E-state index contributed by atoms with van der Waals surface area (Å²) in [7, 11) is 0. The van der Waals surface area contributed by atoms with Crippen LogP contribution in [-0.2, 0) is 20.8 Å². The average Bonchev–Trinajstić information content (AvgIpc) is 3.08. The maximum atomic E-state index is 12.5. The Labute approximate surface area is 150 Å². The van der Waals surface area contributed by atoms with Gasteiger partial charge in [-0.1, -0.05) is 6.08 Å². The van der Waals surface area contributed by atoms with Gasteiger partial charge in [-0.05, 0) is 43.0 Å². The van der Waals surface area contributed by atoms with Crippen molar-refractivity contribution in [2.45, 2.75) is 38.3 Å². The SMILES string of the molecule is CC(=O)N[C@@H](Cc1ccco1)C(=O)N[C@@H](CC1C=CC(O)=CC1)C(=O)O. The van der Waals surface area contributed by atoms with E-state index in [0.29, 0.717) is 12.2 Å². The van der Waals surface area contributed by atoms with Gasteiger partial charge in [-0.2, -0.15) is 0 Å². The van der Waals surface area contributed by atoms with E-state index >= 15 is 0 Å². The average molecular weight is 362 g/mol. The molecular formula is C18H22N2O6. The van der Waals surface area contributed by atoms with Crippen LogP contribution in [0.15, 0.2) is 46.8 Å². The number of furan rings is 1. The van der Waals surface area contributed by atoms with E-state index in [1.54, 1.807) is 24.3 Å². The molecule has 8 heteroatoms. The number of hydrogen-bond donors (Lipinski definition) is 4. The van der Waals surface area contributed by atoms with Crippen LogP contribution in [0, 0.1) is 5.92 Å². The Bertz CT molecular complexity index is 707. The van der Waals surface area contributed by atoms with Crippen LogP contribution in [0.2, 0.25) is 0 Å². The molecule has 8 nitrogen and oxygen atoms in total. The van der Waals surface area contributed by atoms with Crippen molar-refractivity contribution in [3.05, 3.63) is 48.1 Å². The van der Waals surface area contributed by atoms with Gasteiger partial charge in [0.2, 0.25) is 11.8 Å². The maximum Gasteiger partial charge on any atom is 0.326 e. The first-order valence-corrected chi connectivity index (χ1v) is 8.25. The number of nitrogens with one attached hydrogen (secondary N) is 2. The highest BCUT2D eigenvalue weighted by Gasteiger charge is 2.28. The normalized spacial score (nSPS) is 18.5. The number of carboxylic acids is 1. The van der Waals surface area contributed by atoms with Gasteiger partial charge in [0.05, 0.1) is 6.26 Å². The maximum absolute atomic E-state index is 12.5. The van der Waals surface area contributed by atoms with E-state index in [2.05, 4.69) is 10.6 Å². The Balaban J connectivity index is 2.02. The van der Waals surface area contributed by atoms with E-state index < -0.39 is 29.9 Å². The zero-order chi connectivity index (χ0) is 19.1. The minimum atomic E-state index is -1.16. The third-order valence-electron chi connectivity index (χ3n) is 4.00. The van der Waals surface area contributed by atoms with Crippen LogP contribution in [0.5, 0.6) is 0 Å². The van der Waals surface area contributed by atoms with Gasteiger partial charge in [-0.3, -0.25) is 9.59 Å². The van der Waals surface area contributed by atoms with Gasteiger partial charge in [0.25, 0.3) is 0 Å². The number of carbonyl (C=O) groups is 3. The number of aliphatic hydroxyl groups excluding tert-OH is 1. The van der Waals surface area contributed by atoms with Gasteiger partial charge in [-0.15, -0.1) is 0 Å². The summed E-state index contributed by atoms with van der Waals surface area (Å²) in [6.45, 7) is 1.28. The Kier molecular flexibility index (Phi) is 6.60. The minimum absolute atomic E-state index is 0.114. The van der Waals surface area contributed by atoms with Crippen molar-refractivity contribution in [3.63, 3.8) is 0 Å². The molecule has 0 bridgehead atoms. The number of amides is 2. The molecule has 0 saturated carbocycles. The molecule has 140 valence electrons. The molecule has 2 amide bonds. The van der Waals surface area contributed by atoms with Crippen LogP contribution in [0.4, 0.5) is 0 Å². The van der Waals surface area contributed by atoms with E-state index in [1.807, 2.05) is 0 Å². The van der Waals surface area contributed by atoms with Gasteiger partial charge < -0.3 is 25.3 Å². The first-order chi connectivity index (χ1) is 12.3. The fourth-order valence-corrected chi connectivity index (χ4v) is 2.71. The topological polar surface area (TPSA) is 129 Å². The van der Waals surface area contributed by atoms with Gasteiger partial charge in [0.1, 0.15) is 23.6 Å². The van der Waals surface area contributed by atoms with Gasteiger partial charge in [-0.25, -0.2) is 4.79 Å². The lowest BCUT2D eigenvalue weighted by atomic mass is 9.92. The molecule has 0 spiro atoms. The molecule has 0 fully saturated rings. The van der Waals surface area contributed by atoms with Gasteiger partial charge in [0, 0.05) is 13.3 Å². The number of carboxylic acid groups (broad SMARTS) is 1. The van der Waals surface area contributed by atoms with Crippen LogP contribution in [-0.4, -0.2) is 40.1 Å². The highest BCUT2D eigenvalue weighted by Crippen LogP contribution is 2.20. The molecule has 1 unspecified atom stereocenters. The molecule has 26 heavy (non-hydrogen) atoms. The molecular weight excluding hydrogens is 340 g/mol. The second-order valence-corrected chi connectivity index (χ2v) is 6.16.